The molecule has 4 heteroatoms. The summed E-state index contributed by atoms with van der Waals surface area (Å²) in [6.45, 7) is 1.43. The monoisotopic (exact) mass is 312 g/mol. The van der Waals surface area contributed by atoms with Gasteiger partial charge in [-0.3, -0.25) is 9.59 Å². The van der Waals surface area contributed by atoms with Gasteiger partial charge in [-0.15, -0.1) is 0 Å². The summed E-state index contributed by atoms with van der Waals surface area (Å²) in [4.78, 5) is 26.9. The second-order valence-corrected chi connectivity index (χ2v) is 7.34. The third-order valence-electron chi connectivity index (χ3n) is 5.47. The Bertz CT molecular complexity index is 605. The van der Waals surface area contributed by atoms with Crippen LogP contribution < -0.4 is 5.32 Å². The Hall–Kier alpha value is -1.84. The van der Waals surface area contributed by atoms with Gasteiger partial charge in [0.1, 0.15) is 0 Å². The zero-order valence-corrected chi connectivity index (χ0v) is 13.5. The SMILES string of the molecule is O=C(NC1(c2ccccc2)CC1)[C@H]1CCCN(C(=O)C2CC2)C1. The summed E-state index contributed by atoms with van der Waals surface area (Å²) < 4.78 is 0. The average molecular weight is 312 g/mol. The summed E-state index contributed by atoms with van der Waals surface area (Å²) in [5.74, 6) is 0.592. The van der Waals surface area contributed by atoms with Crippen LogP contribution in [0.2, 0.25) is 0 Å². The number of carbonyl (C=O) groups is 2. The van der Waals surface area contributed by atoms with Crippen molar-refractivity contribution in [2.75, 3.05) is 13.1 Å². The van der Waals surface area contributed by atoms with Crippen molar-refractivity contribution in [2.45, 2.75) is 44.1 Å². The van der Waals surface area contributed by atoms with Crippen LogP contribution in [0.25, 0.3) is 0 Å². The second-order valence-electron chi connectivity index (χ2n) is 7.34. The molecule has 0 aromatic heterocycles. The van der Waals surface area contributed by atoms with Crippen molar-refractivity contribution in [3.8, 4) is 0 Å². The molecule has 2 amide bonds. The first-order valence-corrected chi connectivity index (χ1v) is 8.84. The Balaban J connectivity index is 1.40. The van der Waals surface area contributed by atoms with E-state index in [4.69, 9.17) is 0 Å². The Morgan fingerprint density at radius 2 is 1.78 bits per heavy atom. The van der Waals surface area contributed by atoms with Gasteiger partial charge in [-0.25, -0.2) is 0 Å². The van der Waals surface area contributed by atoms with E-state index in [9.17, 15) is 9.59 Å². The van der Waals surface area contributed by atoms with Gasteiger partial charge >= 0.3 is 0 Å². The van der Waals surface area contributed by atoms with E-state index in [1.165, 1.54) is 5.56 Å². The molecule has 122 valence electrons. The van der Waals surface area contributed by atoms with Crippen LogP contribution in [-0.2, 0) is 15.1 Å². The summed E-state index contributed by atoms with van der Waals surface area (Å²) >= 11 is 0. The van der Waals surface area contributed by atoms with Crippen molar-refractivity contribution in [3.63, 3.8) is 0 Å². The number of likely N-dealkylation sites (tertiary alicyclic amines) is 1. The lowest BCUT2D eigenvalue weighted by Gasteiger charge is -2.33. The fraction of sp³-hybridized carbons (Fsp3) is 0.579. The number of benzene rings is 1. The molecule has 3 fully saturated rings. The Morgan fingerprint density at radius 1 is 1.04 bits per heavy atom. The molecule has 0 spiro atoms. The van der Waals surface area contributed by atoms with E-state index in [-0.39, 0.29) is 29.2 Å². The van der Waals surface area contributed by atoms with Gasteiger partial charge in [0.2, 0.25) is 11.8 Å². The molecule has 1 N–H and O–H groups in total. The minimum atomic E-state index is -0.152. The smallest absolute Gasteiger partial charge is 0.225 e. The molecule has 0 unspecified atom stereocenters. The van der Waals surface area contributed by atoms with Gasteiger partial charge in [0, 0.05) is 19.0 Å². The second kappa shape index (κ2) is 5.66. The van der Waals surface area contributed by atoms with E-state index < -0.39 is 0 Å². The molecule has 1 aromatic carbocycles. The number of nitrogens with one attached hydrogen (secondary N) is 1. The third kappa shape index (κ3) is 2.99. The molecule has 1 heterocycles. The third-order valence-corrected chi connectivity index (χ3v) is 5.47. The highest BCUT2D eigenvalue weighted by atomic mass is 16.2. The molecule has 0 bridgehead atoms. The molecule has 1 atom stereocenters. The van der Waals surface area contributed by atoms with Crippen LogP contribution in [0.1, 0.15) is 44.1 Å². The maximum atomic E-state index is 12.7. The molecule has 0 radical (unpaired) electrons. The van der Waals surface area contributed by atoms with Crippen molar-refractivity contribution < 1.29 is 9.59 Å². The van der Waals surface area contributed by atoms with Crippen LogP contribution in [0.15, 0.2) is 30.3 Å². The molecular formula is C19H24N2O2. The molecule has 2 saturated carbocycles. The first-order chi connectivity index (χ1) is 11.2. The van der Waals surface area contributed by atoms with Crippen molar-refractivity contribution in [1.82, 2.24) is 10.2 Å². The molecule has 1 aliphatic heterocycles. The number of rotatable bonds is 4. The Kier molecular flexibility index (Phi) is 3.63. The van der Waals surface area contributed by atoms with Crippen molar-refractivity contribution in [2.24, 2.45) is 11.8 Å². The number of hydrogen-bond acceptors (Lipinski definition) is 2. The molecule has 2 aliphatic carbocycles. The van der Waals surface area contributed by atoms with Crippen LogP contribution in [0.5, 0.6) is 0 Å². The minimum Gasteiger partial charge on any atom is -0.346 e. The minimum absolute atomic E-state index is 0.0485. The van der Waals surface area contributed by atoms with Gasteiger partial charge in [-0.2, -0.15) is 0 Å². The first kappa shape index (κ1) is 14.7. The number of nitrogens with zero attached hydrogens (tertiary/aromatic N) is 1. The summed E-state index contributed by atoms with van der Waals surface area (Å²) in [6, 6.07) is 10.2. The lowest BCUT2D eigenvalue weighted by molar-refractivity contribution is -0.137. The maximum absolute atomic E-state index is 12.7. The standard InChI is InChI=1S/C19H24N2O2/c22-17(20-19(10-11-19)16-6-2-1-3-7-16)15-5-4-12-21(13-15)18(23)14-8-9-14/h1-3,6-7,14-15H,4-5,8-13H2,(H,20,22)/t15-/m0/s1. The van der Waals surface area contributed by atoms with Crippen LogP contribution in [0, 0.1) is 11.8 Å². The normalized spacial score (nSPS) is 25.7. The van der Waals surface area contributed by atoms with Crippen LogP contribution >= 0.6 is 0 Å². The van der Waals surface area contributed by atoms with Gasteiger partial charge < -0.3 is 10.2 Å². The number of amides is 2. The van der Waals surface area contributed by atoms with Crippen LogP contribution in [-0.4, -0.2) is 29.8 Å². The van der Waals surface area contributed by atoms with Gasteiger partial charge in [-0.05, 0) is 44.1 Å². The molecule has 23 heavy (non-hydrogen) atoms. The lowest BCUT2D eigenvalue weighted by atomic mass is 9.95. The lowest BCUT2D eigenvalue weighted by Crippen LogP contribution is -2.48. The number of hydrogen-bond donors (Lipinski definition) is 1. The van der Waals surface area contributed by atoms with E-state index in [0.717, 1.165) is 45.1 Å². The molecule has 3 aliphatic rings. The maximum Gasteiger partial charge on any atom is 0.225 e. The molecule has 1 aromatic rings. The summed E-state index contributed by atoms with van der Waals surface area (Å²) in [6.07, 6.45) is 5.92. The van der Waals surface area contributed by atoms with E-state index in [0.29, 0.717) is 6.54 Å². The Morgan fingerprint density at radius 3 is 2.43 bits per heavy atom. The van der Waals surface area contributed by atoms with E-state index in [2.05, 4.69) is 17.4 Å². The molecule has 4 rings (SSSR count). The highest BCUT2D eigenvalue weighted by Gasteiger charge is 2.47. The summed E-state index contributed by atoms with van der Waals surface area (Å²) in [5.41, 5.74) is 1.05. The van der Waals surface area contributed by atoms with E-state index >= 15 is 0 Å². The van der Waals surface area contributed by atoms with E-state index in [1.54, 1.807) is 0 Å². The molecule has 4 nitrogen and oxygen atoms in total. The Labute approximate surface area is 137 Å². The topological polar surface area (TPSA) is 49.4 Å². The summed E-state index contributed by atoms with van der Waals surface area (Å²) in [7, 11) is 0. The van der Waals surface area contributed by atoms with Gasteiger partial charge in [0.25, 0.3) is 0 Å². The average Bonchev–Trinajstić information content (AvgIpc) is 3.50. The molecule has 1 saturated heterocycles. The van der Waals surface area contributed by atoms with Crippen LogP contribution in [0.3, 0.4) is 0 Å². The predicted octanol–water partition coefficient (Wildman–Crippen LogP) is 2.44. The zero-order valence-electron chi connectivity index (χ0n) is 13.5. The highest BCUT2D eigenvalue weighted by Crippen LogP contribution is 2.45. The fourth-order valence-electron chi connectivity index (χ4n) is 3.69. The fourth-order valence-corrected chi connectivity index (χ4v) is 3.69. The van der Waals surface area contributed by atoms with Gasteiger partial charge in [0.15, 0.2) is 0 Å². The van der Waals surface area contributed by atoms with Crippen molar-refractivity contribution in [3.05, 3.63) is 35.9 Å². The van der Waals surface area contributed by atoms with Crippen molar-refractivity contribution in [1.29, 1.82) is 0 Å². The number of carbonyl (C=O) groups excluding carboxylic acids is 2. The van der Waals surface area contributed by atoms with Crippen molar-refractivity contribution >= 4 is 11.8 Å². The highest BCUT2D eigenvalue weighted by molar-refractivity contribution is 5.84. The van der Waals surface area contributed by atoms with E-state index in [1.807, 2.05) is 23.1 Å². The predicted molar refractivity (Wildman–Crippen MR) is 87.5 cm³/mol. The first-order valence-electron chi connectivity index (χ1n) is 8.84. The largest absolute Gasteiger partial charge is 0.346 e. The van der Waals surface area contributed by atoms with Gasteiger partial charge in [-0.1, -0.05) is 30.3 Å². The van der Waals surface area contributed by atoms with Gasteiger partial charge in [0.05, 0.1) is 11.5 Å². The zero-order chi connectivity index (χ0) is 15.9. The number of piperidine rings is 1. The summed E-state index contributed by atoms with van der Waals surface area (Å²) in [5, 5.41) is 3.28. The van der Waals surface area contributed by atoms with Crippen LogP contribution in [0.4, 0.5) is 0 Å². The quantitative estimate of drug-likeness (QED) is 0.928. The molecular weight excluding hydrogens is 288 g/mol.